The number of likely N-dealkylation sites (N-methyl/N-ethyl adjacent to an activating group) is 1. The number of rotatable bonds is 3. The van der Waals surface area contributed by atoms with E-state index in [2.05, 4.69) is 0 Å². The topological polar surface area (TPSA) is 51.2 Å². The highest BCUT2D eigenvalue weighted by Gasteiger charge is 2.30. The lowest BCUT2D eigenvalue weighted by atomic mass is 10.1. The number of aliphatic hydroxyl groups is 1. The van der Waals surface area contributed by atoms with Crippen molar-refractivity contribution in [3.8, 4) is 11.5 Å². The van der Waals surface area contributed by atoms with Crippen molar-refractivity contribution in [2.24, 2.45) is 0 Å². The minimum atomic E-state index is -0.446. The minimum Gasteiger partial charge on any atom is -0.454 e. The van der Waals surface area contributed by atoms with E-state index in [9.17, 15) is 5.11 Å². The number of benzene rings is 1. The molecule has 1 saturated heterocycles. The van der Waals surface area contributed by atoms with Crippen LogP contribution in [0, 0.1) is 0 Å². The lowest BCUT2D eigenvalue weighted by molar-refractivity contribution is 0.0925. The molecule has 2 aliphatic heterocycles. The first kappa shape index (κ1) is 13.0. The quantitative estimate of drug-likeness (QED) is 0.906. The number of nitrogens with zero attached hydrogens (tertiary/aromatic N) is 1. The first-order chi connectivity index (χ1) is 9.15. The van der Waals surface area contributed by atoms with Crippen LogP contribution in [-0.4, -0.2) is 49.2 Å². The zero-order valence-corrected chi connectivity index (χ0v) is 11.4. The Hall–Kier alpha value is -1.01. The summed E-state index contributed by atoms with van der Waals surface area (Å²) in [6, 6.07) is 3.67. The second-order valence-corrected chi connectivity index (χ2v) is 5.29. The fraction of sp³-hybridized carbons (Fsp3) is 0.538. The van der Waals surface area contributed by atoms with Crippen LogP contribution in [-0.2, 0) is 11.3 Å². The molecule has 5 nitrogen and oxygen atoms in total. The van der Waals surface area contributed by atoms with Crippen LogP contribution < -0.4 is 9.47 Å². The molecule has 1 aromatic rings. The van der Waals surface area contributed by atoms with E-state index in [1.54, 1.807) is 6.07 Å². The van der Waals surface area contributed by atoms with E-state index in [1.165, 1.54) is 0 Å². The van der Waals surface area contributed by atoms with Crippen LogP contribution in [0.5, 0.6) is 11.5 Å². The molecule has 0 bridgehead atoms. The van der Waals surface area contributed by atoms with Crippen molar-refractivity contribution in [3.05, 3.63) is 22.7 Å². The molecule has 1 aromatic carbocycles. The number of aliphatic hydroxyl groups excluding tert-OH is 1. The van der Waals surface area contributed by atoms with Crippen molar-refractivity contribution in [2.45, 2.75) is 18.7 Å². The highest BCUT2D eigenvalue weighted by molar-refractivity contribution is 6.31. The van der Waals surface area contributed by atoms with E-state index >= 15 is 0 Å². The molecule has 1 N–H and O–H groups in total. The largest absolute Gasteiger partial charge is 0.454 e. The van der Waals surface area contributed by atoms with E-state index < -0.39 is 6.10 Å². The van der Waals surface area contributed by atoms with Crippen molar-refractivity contribution in [2.75, 3.05) is 27.1 Å². The molecule has 2 aliphatic rings. The third kappa shape index (κ3) is 2.51. The molecule has 0 amide bonds. The molecular formula is C13H16ClNO4. The maximum absolute atomic E-state index is 9.82. The van der Waals surface area contributed by atoms with Crippen molar-refractivity contribution in [1.82, 2.24) is 4.90 Å². The Balaban J connectivity index is 1.76. The van der Waals surface area contributed by atoms with Gasteiger partial charge in [0.05, 0.1) is 25.4 Å². The van der Waals surface area contributed by atoms with Crippen molar-refractivity contribution in [3.63, 3.8) is 0 Å². The second-order valence-electron chi connectivity index (χ2n) is 4.88. The van der Waals surface area contributed by atoms with Gasteiger partial charge in [-0.2, -0.15) is 0 Å². The van der Waals surface area contributed by atoms with Crippen LogP contribution in [0.4, 0.5) is 0 Å². The van der Waals surface area contributed by atoms with Crippen LogP contribution >= 0.6 is 11.6 Å². The fourth-order valence-corrected chi connectivity index (χ4v) is 2.63. The van der Waals surface area contributed by atoms with Gasteiger partial charge < -0.3 is 19.3 Å². The lowest BCUT2D eigenvalue weighted by Gasteiger charge is -2.25. The van der Waals surface area contributed by atoms with Gasteiger partial charge in [0.1, 0.15) is 0 Å². The Morgan fingerprint density at radius 2 is 2.05 bits per heavy atom. The number of fused-ring (bicyclic) bond motifs is 1. The van der Waals surface area contributed by atoms with E-state index in [1.807, 2.05) is 18.0 Å². The monoisotopic (exact) mass is 285 g/mol. The van der Waals surface area contributed by atoms with E-state index in [0.717, 1.165) is 11.3 Å². The molecule has 0 unspecified atom stereocenters. The Kier molecular flexibility index (Phi) is 3.54. The van der Waals surface area contributed by atoms with Crippen molar-refractivity contribution < 1.29 is 19.3 Å². The van der Waals surface area contributed by atoms with Gasteiger partial charge in [-0.15, -0.1) is 0 Å². The number of hydrogen-bond donors (Lipinski definition) is 1. The van der Waals surface area contributed by atoms with Crippen LogP contribution in [0.2, 0.25) is 5.02 Å². The summed E-state index contributed by atoms with van der Waals surface area (Å²) >= 11 is 6.24. The van der Waals surface area contributed by atoms with Gasteiger partial charge in [-0.05, 0) is 18.7 Å². The summed E-state index contributed by atoms with van der Waals surface area (Å²) in [4.78, 5) is 2.04. The first-order valence-corrected chi connectivity index (χ1v) is 6.57. The highest BCUT2D eigenvalue weighted by atomic mass is 35.5. The third-order valence-corrected chi connectivity index (χ3v) is 3.90. The summed E-state index contributed by atoms with van der Waals surface area (Å²) in [7, 11) is 1.95. The molecule has 0 spiro atoms. The Morgan fingerprint density at radius 3 is 2.74 bits per heavy atom. The molecule has 2 heterocycles. The van der Waals surface area contributed by atoms with Gasteiger partial charge >= 0.3 is 0 Å². The molecule has 0 aliphatic carbocycles. The van der Waals surface area contributed by atoms with E-state index in [0.29, 0.717) is 30.5 Å². The smallest absolute Gasteiger partial charge is 0.231 e. The van der Waals surface area contributed by atoms with E-state index in [4.69, 9.17) is 25.8 Å². The lowest BCUT2D eigenvalue weighted by Crippen LogP contribution is -2.39. The summed E-state index contributed by atoms with van der Waals surface area (Å²) in [5, 5.41) is 10.5. The summed E-state index contributed by atoms with van der Waals surface area (Å²) < 4.78 is 15.9. The van der Waals surface area contributed by atoms with Gasteiger partial charge in [-0.25, -0.2) is 0 Å². The molecule has 3 rings (SSSR count). The Morgan fingerprint density at radius 1 is 1.32 bits per heavy atom. The van der Waals surface area contributed by atoms with Crippen molar-refractivity contribution in [1.29, 1.82) is 0 Å². The van der Waals surface area contributed by atoms with Gasteiger partial charge in [0.25, 0.3) is 0 Å². The summed E-state index contributed by atoms with van der Waals surface area (Å²) in [5.41, 5.74) is 0.951. The molecule has 0 aromatic heterocycles. The number of hydrogen-bond acceptors (Lipinski definition) is 5. The van der Waals surface area contributed by atoms with Crippen LogP contribution in [0.15, 0.2) is 12.1 Å². The fourth-order valence-electron chi connectivity index (χ4n) is 2.42. The van der Waals surface area contributed by atoms with Gasteiger partial charge in [-0.3, -0.25) is 4.90 Å². The predicted molar refractivity (Wildman–Crippen MR) is 69.7 cm³/mol. The number of ether oxygens (including phenoxy) is 3. The molecule has 6 heteroatoms. The average molecular weight is 286 g/mol. The van der Waals surface area contributed by atoms with Gasteiger partial charge in [0.15, 0.2) is 11.5 Å². The van der Waals surface area contributed by atoms with Gasteiger partial charge in [-0.1, -0.05) is 11.6 Å². The zero-order chi connectivity index (χ0) is 13.4. The predicted octanol–water partition coefficient (Wildman–Crippen LogP) is 1.26. The molecule has 1 fully saturated rings. The Bertz CT molecular complexity index is 482. The number of halogens is 1. The molecule has 2 atom stereocenters. The molecule has 0 saturated carbocycles. The average Bonchev–Trinajstić information content (AvgIpc) is 2.98. The summed E-state index contributed by atoms with van der Waals surface area (Å²) in [5.74, 6) is 1.40. The maximum Gasteiger partial charge on any atom is 0.231 e. The maximum atomic E-state index is 9.82. The van der Waals surface area contributed by atoms with Crippen LogP contribution in [0.1, 0.15) is 5.56 Å². The molecule has 104 valence electrons. The van der Waals surface area contributed by atoms with E-state index in [-0.39, 0.29) is 12.8 Å². The summed E-state index contributed by atoms with van der Waals surface area (Å²) in [6.45, 7) is 1.80. The van der Waals surface area contributed by atoms with Crippen LogP contribution in [0.25, 0.3) is 0 Å². The SMILES string of the molecule is CN(Cc1cc2c(cc1Cl)OCO2)[C@@H]1COC[C@H]1O. The summed E-state index contributed by atoms with van der Waals surface area (Å²) in [6.07, 6.45) is -0.446. The minimum absolute atomic E-state index is 0.00138. The van der Waals surface area contributed by atoms with Gasteiger partial charge in [0, 0.05) is 17.6 Å². The standard InChI is InChI=1S/C13H16ClNO4/c1-15(10-5-17-6-11(10)16)4-8-2-12-13(3-9(8)14)19-7-18-12/h2-3,10-11,16H,4-7H2,1H3/t10-,11-/m1/s1. The third-order valence-electron chi connectivity index (χ3n) is 3.55. The zero-order valence-electron chi connectivity index (χ0n) is 10.6. The van der Waals surface area contributed by atoms with Crippen LogP contribution in [0.3, 0.4) is 0 Å². The molecule has 0 radical (unpaired) electrons. The second kappa shape index (κ2) is 5.17. The molecular weight excluding hydrogens is 270 g/mol. The first-order valence-electron chi connectivity index (χ1n) is 6.19. The normalized spacial score (nSPS) is 25.3. The van der Waals surface area contributed by atoms with Crippen molar-refractivity contribution >= 4 is 11.6 Å². The van der Waals surface area contributed by atoms with Gasteiger partial charge in [0.2, 0.25) is 6.79 Å². The Labute approximate surface area is 116 Å². The molecule has 19 heavy (non-hydrogen) atoms. The highest BCUT2D eigenvalue weighted by Crippen LogP contribution is 2.37.